The van der Waals surface area contributed by atoms with Crippen molar-refractivity contribution >= 4 is 0 Å². The van der Waals surface area contributed by atoms with Crippen LogP contribution in [0.3, 0.4) is 0 Å². The van der Waals surface area contributed by atoms with Gasteiger partial charge in [-0.3, -0.25) is 0 Å². The van der Waals surface area contributed by atoms with Crippen molar-refractivity contribution in [2.24, 2.45) is 0 Å². The summed E-state index contributed by atoms with van der Waals surface area (Å²) in [5.41, 5.74) is 1.86. The predicted octanol–water partition coefficient (Wildman–Crippen LogP) is 1.25. The quantitative estimate of drug-likeness (QED) is 0.258. The van der Waals surface area contributed by atoms with E-state index in [0.717, 1.165) is 51.1 Å². The van der Waals surface area contributed by atoms with E-state index in [-0.39, 0.29) is 27.4 Å². The molecular formula is C25H34IN2O2-. The van der Waals surface area contributed by atoms with Gasteiger partial charge in [-0.1, -0.05) is 6.07 Å². The van der Waals surface area contributed by atoms with Crippen LogP contribution in [0, 0.1) is 0 Å². The zero-order valence-corrected chi connectivity index (χ0v) is 20.1. The molecule has 5 heteroatoms. The van der Waals surface area contributed by atoms with Crippen LogP contribution in [0.2, 0.25) is 0 Å². The second-order valence-electron chi connectivity index (χ2n) is 8.75. The monoisotopic (exact) mass is 521 g/mol. The molecular weight excluding hydrogens is 487 g/mol. The molecule has 1 N–H and O–H groups in total. The Kier molecular flexibility index (Phi) is 7.68. The molecule has 1 atom stereocenters. The van der Waals surface area contributed by atoms with E-state index in [4.69, 9.17) is 4.74 Å². The summed E-state index contributed by atoms with van der Waals surface area (Å²) >= 11 is 0.0225. The van der Waals surface area contributed by atoms with Crippen LogP contribution < -0.4 is 26.2 Å². The van der Waals surface area contributed by atoms with Crippen LogP contribution in [0.15, 0.2) is 54.6 Å². The van der Waals surface area contributed by atoms with E-state index in [1.807, 2.05) is 18.2 Å². The molecule has 4 rings (SSSR count). The normalized spacial score (nSPS) is 21.5. The van der Waals surface area contributed by atoms with Crippen molar-refractivity contribution in [2.45, 2.75) is 50.2 Å². The van der Waals surface area contributed by atoms with Gasteiger partial charge >= 0.3 is 186 Å². The van der Waals surface area contributed by atoms with Gasteiger partial charge in [-0.25, -0.2) is 0 Å². The van der Waals surface area contributed by atoms with E-state index < -0.39 is 5.60 Å². The van der Waals surface area contributed by atoms with E-state index in [0.29, 0.717) is 6.61 Å². The third kappa shape index (κ3) is 5.75. The first kappa shape index (κ1) is 22.1. The number of hydrogen-bond donors (Lipinski definition) is 1. The molecule has 1 aliphatic carbocycles. The molecule has 1 aliphatic heterocycles. The van der Waals surface area contributed by atoms with Crippen molar-refractivity contribution in [1.29, 1.82) is 0 Å². The predicted molar refractivity (Wildman–Crippen MR) is 117 cm³/mol. The molecule has 2 aromatic carbocycles. The Morgan fingerprint density at radius 2 is 1.73 bits per heavy atom. The van der Waals surface area contributed by atoms with Crippen molar-refractivity contribution in [3.8, 4) is 5.75 Å². The van der Waals surface area contributed by atoms with Gasteiger partial charge in [0.15, 0.2) is 0 Å². The summed E-state index contributed by atoms with van der Waals surface area (Å²) < 4.78 is 9.85. The number of rotatable bonds is 7. The van der Waals surface area contributed by atoms with Gasteiger partial charge in [0, 0.05) is 0 Å². The van der Waals surface area contributed by atoms with E-state index in [9.17, 15) is 5.11 Å². The number of benzene rings is 2. The van der Waals surface area contributed by atoms with Gasteiger partial charge in [0.2, 0.25) is 0 Å². The van der Waals surface area contributed by atoms with Crippen LogP contribution in [0.4, 0.5) is 0 Å². The minimum absolute atomic E-state index is 0.0225. The van der Waals surface area contributed by atoms with Gasteiger partial charge in [-0.05, 0) is 0 Å². The van der Waals surface area contributed by atoms with E-state index >= 15 is 0 Å². The summed E-state index contributed by atoms with van der Waals surface area (Å²) in [6.45, 7) is 3.84. The van der Waals surface area contributed by atoms with Gasteiger partial charge in [0.1, 0.15) is 0 Å². The van der Waals surface area contributed by atoms with Crippen molar-refractivity contribution in [3.63, 3.8) is 0 Å². The molecule has 30 heavy (non-hydrogen) atoms. The second-order valence-corrected chi connectivity index (χ2v) is 11.5. The van der Waals surface area contributed by atoms with Crippen LogP contribution in [0.25, 0.3) is 0 Å². The molecule has 1 saturated carbocycles. The van der Waals surface area contributed by atoms with Gasteiger partial charge in [0.05, 0.1) is 0 Å². The molecule has 0 bridgehead atoms. The minimum atomic E-state index is -0.572. The number of alkyl halides is 1. The summed E-state index contributed by atoms with van der Waals surface area (Å²) in [7, 11) is 2.22. The third-order valence-electron chi connectivity index (χ3n) is 6.43. The van der Waals surface area contributed by atoms with Crippen molar-refractivity contribution < 1.29 is 31.3 Å². The average molecular weight is 521 g/mol. The fraction of sp³-hybridized carbons (Fsp3) is 0.520. The van der Waals surface area contributed by atoms with Crippen LogP contribution in [0.5, 0.6) is 5.75 Å². The number of nitrogens with zero attached hydrogens (tertiary/aromatic N) is 2. The number of hydrogen-bond acceptors (Lipinski definition) is 4. The molecule has 0 amide bonds. The number of aliphatic hydroxyl groups is 1. The first-order valence-electron chi connectivity index (χ1n) is 11.1. The maximum absolute atomic E-state index is 11.6. The molecule has 1 heterocycles. The molecule has 0 radical (unpaired) electrons. The van der Waals surface area contributed by atoms with Crippen molar-refractivity contribution in [3.05, 3.63) is 65.7 Å². The van der Waals surface area contributed by atoms with Gasteiger partial charge < -0.3 is 0 Å². The zero-order chi connectivity index (χ0) is 20.8. The van der Waals surface area contributed by atoms with Crippen LogP contribution in [0.1, 0.15) is 49.1 Å². The Labute approximate surface area is 191 Å². The zero-order valence-electron chi connectivity index (χ0n) is 18.0. The summed E-state index contributed by atoms with van der Waals surface area (Å²) in [6, 6.07) is 18.8. The molecule has 0 spiro atoms. The van der Waals surface area contributed by atoms with Crippen LogP contribution >= 0.6 is 0 Å². The first-order chi connectivity index (χ1) is 14.6. The van der Waals surface area contributed by atoms with Crippen molar-refractivity contribution in [1.82, 2.24) is 8.01 Å². The number of ether oxygens (including phenoxy) is 1. The Bertz CT molecular complexity index is 769. The Morgan fingerprint density at radius 1 is 1.00 bits per heavy atom. The van der Waals surface area contributed by atoms with Gasteiger partial charge in [0.25, 0.3) is 0 Å². The fourth-order valence-electron chi connectivity index (χ4n) is 4.54. The second kappa shape index (κ2) is 10.4. The molecule has 2 aromatic rings. The van der Waals surface area contributed by atoms with Gasteiger partial charge in [-0.15, -0.1) is 0 Å². The summed E-state index contributed by atoms with van der Waals surface area (Å²) in [5, 5.41) is 11.6. The molecule has 164 valence electrons. The molecule has 2 fully saturated rings. The summed E-state index contributed by atoms with van der Waals surface area (Å²) in [5.74, 6) is 1.08. The van der Waals surface area contributed by atoms with Crippen molar-refractivity contribution in [2.75, 3.05) is 31.2 Å². The molecule has 1 saturated heterocycles. The van der Waals surface area contributed by atoms with E-state index in [1.165, 1.54) is 22.1 Å². The summed E-state index contributed by atoms with van der Waals surface area (Å²) in [4.78, 5) is 2.44. The van der Waals surface area contributed by atoms with E-state index in [2.05, 4.69) is 51.5 Å². The molecule has 2 aliphatic rings. The number of likely N-dealkylation sites (N-methyl/N-ethyl adjacent to an activating group) is 1. The van der Waals surface area contributed by atoms with Crippen LogP contribution in [-0.4, -0.2) is 50.0 Å². The first-order valence-corrected chi connectivity index (χ1v) is 13.6. The van der Waals surface area contributed by atoms with Gasteiger partial charge in [-0.2, -0.15) is 0 Å². The number of halogens is 1. The Morgan fingerprint density at radius 3 is 2.40 bits per heavy atom. The fourth-order valence-corrected chi connectivity index (χ4v) is 7.06. The van der Waals surface area contributed by atoms with E-state index in [1.54, 1.807) is 0 Å². The molecule has 4 nitrogen and oxygen atoms in total. The SMILES string of the molecule is CN1CCN(C[C@H](c2ccc(OCc3ccccc3)cc2)C2(O)CCCCC2)[I-]C1. The average Bonchev–Trinajstić information content (AvgIpc) is 2.79. The standard InChI is InChI=1S/C25H34IN2O2/c1-27-16-17-28(26-20-27)18-24(25(29)14-6-3-7-15-25)22-10-12-23(13-11-22)30-19-21-8-4-2-5-9-21/h2,4-5,8-13,24,29H,3,6-7,14-20H2,1H3/q-1/t24-/m1/s1. The topological polar surface area (TPSA) is 35.9 Å². The summed E-state index contributed by atoms with van der Waals surface area (Å²) in [6.07, 6.45) is 5.39. The Balaban J connectivity index is 1.46. The molecule has 0 aromatic heterocycles. The maximum atomic E-state index is 11.6. The third-order valence-corrected chi connectivity index (χ3v) is 9.74. The molecule has 0 unspecified atom stereocenters. The Hall–Kier alpha value is -1.15. The van der Waals surface area contributed by atoms with Crippen LogP contribution in [-0.2, 0) is 6.61 Å².